The van der Waals surface area contributed by atoms with Crippen LogP contribution in [0.1, 0.15) is 12.0 Å². The normalized spacial score (nSPS) is 10.0. The second-order valence-electron chi connectivity index (χ2n) is 3.32. The highest BCUT2D eigenvalue weighted by Gasteiger charge is 2.05. The minimum Gasteiger partial charge on any atom is -0.481 e. The molecule has 1 aromatic rings. The predicted octanol–water partition coefficient (Wildman–Crippen LogP) is 1.44. The van der Waals surface area contributed by atoms with E-state index < -0.39 is 0 Å². The molecule has 0 saturated heterocycles. The van der Waals surface area contributed by atoms with E-state index >= 15 is 0 Å². The van der Waals surface area contributed by atoms with Crippen molar-refractivity contribution < 1.29 is 4.74 Å². The van der Waals surface area contributed by atoms with E-state index in [4.69, 9.17) is 10.00 Å². The molecule has 0 aliphatic rings. The minimum atomic E-state index is 0.541. The van der Waals surface area contributed by atoms with Crippen LogP contribution in [-0.2, 0) is 6.54 Å². The second-order valence-corrected chi connectivity index (χ2v) is 3.32. The summed E-state index contributed by atoms with van der Waals surface area (Å²) in [7, 11) is 3.59. The van der Waals surface area contributed by atoms with Crippen LogP contribution in [0.5, 0.6) is 5.88 Å². The Bertz CT molecular complexity index is 346. The van der Waals surface area contributed by atoms with Gasteiger partial charge in [-0.3, -0.25) is 0 Å². The third-order valence-corrected chi connectivity index (χ3v) is 2.09. The molecule has 0 N–H and O–H groups in total. The number of nitriles is 1. The summed E-state index contributed by atoms with van der Waals surface area (Å²) < 4.78 is 5.15. The van der Waals surface area contributed by atoms with Gasteiger partial charge in [0.2, 0.25) is 5.88 Å². The van der Waals surface area contributed by atoms with E-state index in [2.05, 4.69) is 16.0 Å². The lowest BCUT2D eigenvalue weighted by atomic mass is 10.2. The molecule has 4 nitrogen and oxygen atoms in total. The van der Waals surface area contributed by atoms with Crippen molar-refractivity contribution in [3.8, 4) is 11.9 Å². The van der Waals surface area contributed by atoms with Gasteiger partial charge < -0.3 is 9.64 Å². The van der Waals surface area contributed by atoms with Crippen LogP contribution in [0.15, 0.2) is 18.3 Å². The number of aromatic nitrogens is 1. The van der Waals surface area contributed by atoms with Crippen LogP contribution in [0.25, 0.3) is 0 Å². The lowest BCUT2D eigenvalue weighted by molar-refractivity contribution is 0.320. The fourth-order valence-electron chi connectivity index (χ4n) is 1.34. The highest BCUT2D eigenvalue weighted by Crippen LogP contribution is 2.15. The van der Waals surface area contributed by atoms with Crippen molar-refractivity contribution in [3.63, 3.8) is 0 Å². The van der Waals surface area contributed by atoms with E-state index in [1.54, 1.807) is 13.3 Å². The molecule has 4 heteroatoms. The largest absolute Gasteiger partial charge is 0.481 e. The molecule has 0 aromatic carbocycles. The summed E-state index contributed by atoms with van der Waals surface area (Å²) >= 11 is 0. The van der Waals surface area contributed by atoms with Gasteiger partial charge in [0.15, 0.2) is 0 Å². The molecule has 0 aliphatic heterocycles. The molecule has 0 saturated carbocycles. The zero-order valence-electron chi connectivity index (χ0n) is 9.10. The summed E-state index contributed by atoms with van der Waals surface area (Å²) in [5.41, 5.74) is 1.04. The number of hydrogen-bond donors (Lipinski definition) is 0. The summed E-state index contributed by atoms with van der Waals surface area (Å²) in [6, 6.07) is 5.99. The Morgan fingerprint density at radius 2 is 2.40 bits per heavy atom. The van der Waals surface area contributed by atoms with E-state index in [-0.39, 0.29) is 0 Å². The van der Waals surface area contributed by atoms with Gasteiger partial charge in [-0.2, -0.15) is 5.26 Å². The van der Waals surface area contributed by atoms with Crippen molar-refractivity contribution in [1.82, 2.24) is 9.88 Å². The van der Waals surface area contributed by atoms with Crippen LogP contribution >= 0.6 is 0 Å². The zero-order chi connectivity index (χ0) is 11.1. The third kappa shape index (κ3) is 3.56. The number of pyridine rings is 1. The van der Waals surface area contributed by atoms with Gasteiger partial charge in [0.1, 0.15) is 0 Å². The van der Waals surface area contributed by atoms with Crippen molar-refractivity contribution in [3.05, 3.63) is 23.9 Å². The molecule has 1 heterocycles. The minimum absolute atomic E-state index is 0.541. The number of hydrogen-bond acceptors (Lipinski definition) is 4. The van der Waals surface area contributed by atoms with Gasteiger partial charge in [0, 0.05) is 31.3 Å². The second kappa shape index (κ2) is 5.99. The van der Waals surface area contributed by atoms with Crippen molar-refractivity contribution in [2.24, 2.45) is 0 Å². The van der Waals surface area contributed by atoms with Crippen LogP contribution in [0.4, 0.5) is 0 Å². The third-order valence-electron chi connectivity index (χ3n) is 2.09. The quantitative estimate of drug-likeness (QED) is 0.729. The van der Waals surface area contributed by atoms with Crippen LogP contribution < -0.4 is 4.74 Å². The predicted molar refractivity (Wildman–Crippen MR) is 57.4 cm³/mol. The molecule has 0 unspecified atom stereocenters. The van der Waals surface area contributed by atoms with E-state index in [0.717, 1.165) is 18.7 Å². The molecular weight excluding hydrogens is 190 g/mol. The van der Waals surface area contributed by atoms with Gasteiger partial charge in [-0.1, -0.05) is 6.07 Å². The molecule has 0 atom stereocenters. The molecular formula is C11H15N3O. The number of rotatable bonds is 5. The molecule has 0 radical (unpaired) electrons. The van der Waals surface area contributed by atoms with E-state index in [1.807, 2.05) is 19.2 Å². The highest BCUT2D eigenvalue weighted by atomic mass is 16.5. The van der Waals surface area contributed by atoms with Gasteiger partial charge in [0.05, 0.1) is 13.2 Å². The Balaban J connectivity index is 2.59. The molecule has 1 rings (SSSR count). The Hall–Kier alpha value is -1.60. The van der Waals surface area contributed by atoms with Crippen molar-refractivity contribution in [2.45, 2.75) is 13.0 Å². The Morgan fingerprint density at radius 1 is 1.60 bits per heavy atom. The van der Waals surface area contributed by atoms with Gasteiger partial charge in [-0.15, -0.1) is 0 Å². The molecule has 15 heavy (non-hydrogen) atoms. The highest BCUT2D eigenvalue weighted by molar-refractivity contribution is 5.25. The summed E-state index contributed by atoms with van der Waals surface area (Å²) in [6.07, 6.45) is 2.25. The maximum atomic E-state index is 8.47. The fraction of sp³-hybridized carbons (Fsp3) is 0.455. The van der Waals surface area contributed by atoms with Crippen LogP contribution in [0, 0.1) is 11.3 Å². The SMILES string of the molecule is COc1ncccc1CN(C)CCC#N. The molecule has 0 fully saturated rings. The molecule has 0 spiro atoms. The lowest BCUT2D eigenvalue weighted by Crippen LogP contribution is -2.19. The number of methoxy groups -OCH3 is 1. The maximum Gasteiger partial charge on any atom is 0.217 e. The molecule has 0 aliphatic carbocycles. The Morgan fingerprint density at radius 3 is 3.07 bits per heavy atom. The maximum absolute atomic E-state index is 8.47. The van der Waals surface area contributed by atoms with Crippen LogP contribution in [0.3, 0.4) is 0 Å². The summed E-state index contributed by atoms with van der Waals surface area (Å²) in [5.74, 6) is 0.654. The Labute approximate surface area is 90.1 Å². The lowest BCUT2D eigenvalue weighted by Gasteiger charge is -2.15. The van der Waals surface area contributed by atoms with Crippen LogP contribution in [0.2, 0.25) is 0 Å². The van der Waals surface area contributed by atoms with E-state index in [1.165, 1.54) is 0 Å². The van der Waals surface area contributed by atoms with Gasteiger partial charge in [0.25, 0.3) is 0 Å². The summed E-state index contributed by atoms with van der Waals surface area (Å²) in [6.45, 7) is 1.51. The monoisotopic (exact) mass is 205 g/mol. The smallest absolute Gasteiger partial charge is 0.217 e. The molecule has 1 aromatic heterocycles. The molecule has 80 valence electrons. The van der Waals surface area contributed by atoms with Gasteiger partial charge in [-0.05, 0) is 13.1 Å². The Kier molecular flexibility index (Phi) is 4.58. The average Bonchev–Trinajstić information content (AvgIpc) is 2.27. The average molecular weight is 205 g/mol. The van der Waals surface area contributed by atoms with Crippen molar-refractivity contribution in [1.29, 1.82) is 5.26 Å². The van der Waals surface area contributed by atoms with Crippen molar-refractivity contribution >= 4 is 0 Å². The van der Waals surface area contributed by atoms with Gasteiger partial charge in [-0.25, -0.2) is 4.98 Å². The first kappa shape index (κ1) is 11.5. The fourth-order valence-corrected chi connectivity index (χ4v) is 1.34. The van der Waals surface area contributed by atoms with Gasteiger partial charge >= 0.3 is 0 Å². The first-order valence-electron chi connectivity index (χ1n) is 4.81. The standard InChI is InChI=1S/C11H15N3O/c1-14(8-4-6-12)9-10-5-3-7-13-11(10)15-2/h3,5,7H,4,8-9H2,1-2H3. The number of ether oxygens (including phenoxy) is 1. The summed E-state index contributed by atoms with van der Waals surface area (Å²) in [4.78, 5) is 6.19. The molecule has 0 bridgehead atoms. The first-order chi connectivity index (χ1) is 7.27. The molecule has 0 amide bonds. The number of nitrogens with zero attached hydrogens (tertiary/aromatic N) is 3. The summed E-state index contributed by atoms with van der Waals surface area (Å²) in [5, 5.41) is 8.47. The van der Waals surface area contributed by atoms with Crippen LogP contribution in [-0.4, -0.2) is 30.6 Å². The van der Waals surface area contributed by atoms with Crippen molar-refractivity contribution in [2.75, 3.05) is 20.7 Å². The topological polar surface area (TPSA) is 49.1 Å². The first-order valence-corrected chi connectivity index (χ1v) is 4.81. The van der Waals surface area contributed by atoms with E-state index in [9.17, 15) is 0 Å². The van der Waals surface area contributed by atoms with E-state index in [0.29, 0.717) is 12.3 Å². The zero-order valence-corrected chi connectivity index (χ0v) is 9.10.